The molecule has 0 bridgehead atoms. The van der Waals surface area contributed by atoms with Crippen molar-refractivity contribution in [3.63, 3.8) is 0 Å². The average Bonchev–Trinajstić information content (AvgIpc) is 3.04. The molecule has 28 heavy (non-hydrogen) atoms. The van der Waals surface area contributed by atoms with Gasteiger partial charge in [-0.2, -0.15) is 0 Å². The SMILES string of the molecule is COc1cc(/C=C/C2=[N+](C)C3C(=O)N(C)C(=O)N(C)C3=N2)cc(OC)c1OC. The van der Waals surface area contributed by atoms with Gasteiger partial charge in [-0.3, -0.25) is 14.6 Å². The first-order chi connectivity index (χ1) is 13.3. The molecule has 3 amide bonds. The molecule has 0 radical (unpaired) electrons. The van der Waals surface area contributed by atoms with E-state index in [9.17, 15) is 9.59 Å². The first-order valence-electron chi connectivity index (χ1n) is 8.55. The predicted molar refractivity (Wildman–Crippen MR) is 103 cm³/mol. The van der Waals surface area contributed by atoms with Crippen molar-refractivity contribution in [1.29, 1.82) is 0 Å². The number of rotatable bonds is 5. The zero-order valence-corrected chi connectivity index (χ0v) is 16.7. The molecule has 2 aliphatic heterocycles. The minimum absolute atomic E-state index is 0.305. The van der Waals surface area contributed by atoms with Crippen LogP contribution >= 0.6 is 0 Å². The van der Waals surface area contributed by atoms with Crippen LogP contribution < -0.4 is 14.2 Å². The summed E-state index contributed by atoms with van der Waals surface area (Å²) in [5.74, 6) is 2.26. The molecular weight excluding hydrogens is 364 g/mol. The molecule has 0 aromatic heterocycles. The average molecular weight is 387 g/mol. The lowest BCUT2D eigenvalue weighted by molar-refractivity contribution is -0.504. The van der Waals surface area contributed by atoms with E-state index < -0.39 is 12.1 Å². The van der Waals surface area contributed by atoms with Crippen LogP contribution in [-0.2, 0) is 4.79 Å². The van der Waals surface area contributed by atoms with Gasteiger partial charge in [-0.25, -0.2) is 9.37 Å². The second-order valence-electron chi connectivity index (χ2n) is 6.37. The summed E-state index contributed by atoms with van der Waals surface area (Å²) in [6.45, 7) is 0. The van der Waals surface area contributed by atoms with Gasteiger partial charge in [0.1, 0.15) is 0 Å². The minimum Gasteiger partial charge on any atom is -0.493 e. The summed E-state index contributed by atoms with van der Waals surface area (Å²) in [5.41, 5.74) is 0.804. The number of nitrogens with zero attached hydrogens (tertiary/aromatic N) is 4. The Labute approximate surface area is 163 Å². The van der Waals surface area contributed by atoms with Crippen molar-refractivity contribution in [2.75, 3.05) is 42.5 Å². The third-order valence-electron chi connectivity index (χ3n) is 4.82. The van der Waals surface area contributed by atoms with Gasteiger partial charge in [-0.1, -0.05) is 0 Å². The lowest BCUT2D eigenvalue weighted by Crippen LogP contribution is -2.61. The standard InChI is InChI=1S/C19H23N4O5/c1-21-14(20-17-15(21)18(24)23(3)19(25)22(17)2)8-7-11-9-12(26-4)16(28-6)13(10-11)27-5/h7-10,15H,1-6H3/q+1/b8-7+. The van der Waals surface area contributed by atoms with Crippen LogP contribution in [0.2, 0.25) is 0 Å². The fourth-order valence-electron chi connectivity index (χ4n) is 3.22. The number of likely N-dealkylation sites (N-methyl/N-ethyl adjacent to an activating group) is 3. The maximum absolute atomic E-state index is 12.5. The van der Waals surface area contributed by atoms with Gasteiger partial charge in [0.05, 0.1) is 28.4 Å². The van der Waals surface area contributed by atoms with Crippen LogP contribution in [0.5, 0.6) is 17.2 Å². The molecule has 2 aliphatic rings. The number of amidine groups is 2. The van der Waals surface area contributed by atoms with Crippen molar-refractivity contribution in [2.45, 2.75) is 6.04 Å². The van der Waals surface area contributed by atoms with Gasteiger partial charge in [0.15, 0.2) is 11.5 Å². The molecule has 2 heterocycles. The van der Waals surface area contributed by atoms with Crippen LogP contribution in [0.1, 0.15) is 5.56 Å². The lowest BCUT2D eigenvalue weighted by Gasteiger charge is -2.29. The van der Waals surface area contributed by atoms with Crippen molar-refractivity contribution in [3.8, 4) is 17.2 Å². The van der Waals surface area contributed by atoms with Crippen LogP contribution in [0.3, 0.4) is 0 Å². The molecule has 1 aromatic carbocycles. The quantitative estimate of drug-likeness (QED) is 0.706. The number of aliphatic imine (C=N–C) groups is 1. The molecular formula is C19H23N4O5+. The van der Waals surface area contributed by atoms with E-state index in [2.05, 4.69) is 4.99 Å². The molecule has 9 heteroatoms. The molecule has 0 aliphatic carbocycles. The predicted octanol–water partition coefficient (Wildman–Crippen LogP) is 1.07. The van der Waals surface area contributed by atoms with Crippen molar-refractivity contribution in [1.82, 2.24) is 9.80 Å². The normalized spacial score (nSPS) is 19.4. The molecule has 148 valence electrons. The molecule has 9 nitrogen and oxygen atoms in total. The number of carbonyl (C=O) groups is 2. The van der Waals surface area contributed by atoms with Crippen LogP contribution in [0.4, 0.5) is 4.79 Å². The van der Waals surface area contributed by atoms with Gasteiger partial charge < -0.3 is 14.2 Å². The summed E-state index contributed by atoms with van der Waals surface area (Å²) in [6.07, 6.45) is 3.60. The van der Waals surface area contributed by atoms with Crippen molar-refractivity contribution < 1.29 is 28.4 Å². The third kappa shape index (κ3) is 2.98. The van der Waals surface area contributed by atoms with Crippen LogP contribution in [0.15, 0.2) is 23.2 Å². The van der Waals surface area contributed by atoms with E-state index in [-0.39, 0.29) is 5.91 Å². The largest absolute Gasteiger partial charge is 0.493 e. The lowest BCUT2D eigenvalue weighted by atomic mass is 10.1. The van der Waals surface area contributed by atoms with E-state index in [0.717, 1.165) is 10.5 Å². The highest BCUT2D eigenvalue weighted by Gasteiger charge is 2.51. The number of methoxy groups -OCH3 is 3. The van der Waals surface area contributed by atoms with E-state index in [1.165, 1.54) is 11.9 Å². The Morgan fingerprint density at radius 2 is 1.61 bits per heavy atom. The second-order valence-corrected chi connectivity index (χ2v) is 6.37. The molecule has 0 saturated carbocycles. The molecule has 1 saturated heterocycles. The number of benzene rings is 1. The fraction of sp³-hybridized carbons (Fsp3) is 0.368. The van der Waals surface area contributed by atoms with Crippen LogP contribution in [-0.4, -0.2) is 86.5 Å². The van der Waals surface area contributed by atoms with Gasteiger partial charge in [0.2, 0.25) is 5.75 Å². The highest BCUT2D eigenvalue weighted by Crippen LogP contribution is 2.38. The number of carbonyl (C=O) groups excluding carboxylic acids is 2. The Balaban J connectivity index is 1.97. The number of ether oxygens (including phenoxy) is 3. The highest BCUT2D eigenvalue weighted by molar-refractivity contribution is 6.23. The molecule has 1 atom stereocenters. The molecule has 0 spiro atoms. The minimum atomic E-state index is -0.618. The van der Waals surface area contributed by atoms with Gasteiger partial charge in [-0.15, -0.1) is 0 Å². The van der Waals surface area contributed by atoms with Gasteiger partial charge >= 0.3 is 11.9 Å². The number of fused-ring (bicyclic) bond motifs is 1. The summed E-state index contributed by atoms with van der Waals surface area (Å²) in [6, 6.07) is 2.60. The van der Waals surface area contributed by atoms with Crippen LogP contribution in [0.25, 0.3) is 6.08 Å². The monoisotopic (exact) mass is 387 g/mol. The molecule has 1 unspecified atom stereocenters. The van der Waals surface area contributed by atoms with E-state index >= 15 is 0 Å². The summed E-state index contributed by atoms with van der Waals surface area (Å²) < 4.78 is 17.8. The number of imide groups is 1. The second kappa shape index (κ2) is 7.34. The topological polar surface area (TPSA) is 83.7 Å². The van der Waals surface area contributed by atoms with Crippen molar-refractivity contribution in [3.05, 3.63) is 23.8 Å². The molecule has 1 aromatic rings. The summed E-state index contributed by atoms with van der Waals surface area (Å²) in [5, 5.41) is 0. The number of urea groups is 1. The van der Waals surface area contributed by atoms with Crippen LogP contribution in [0, 0.1) is 0 Å². The Bertz CT molecular complexity index is 909. The first-order valence-corrected chi connectivity index (χ1v) is 8.55. The Morgan fingerprint density at radius 3 is 2.14 bits per heavy atom. The first kappa shape index (κ1) is 19.4. The van der Waals surface area contributed by atoms with Gasteiger partial charge in [0, 0.05) is 20.2 Å². The zero-order valence-electron chi connectivity index (χ0n) is 16.7. The fourth-order valence-corrected chi connectivity index (χ4v) is 3.22. The maximum atomic E-state index is 12.5. The number of amides is 3. The summed E-state index contributed by atoms with van der Waals surface area (Å²) in [4.78, 5) is 31.6. The van der Waals surface area contributed by atoms with E-state index in [4.69, 9.17) is 14.2 Å². The van der Waals surface area contributed by atoms with E-state index in [1.54, 1.807) is 46.1 Å². The third-order valence-corrected chi connectivity index (χ3v) is 4.82. The number of hydrogen-bond acceptors (Lipinski definition) is 6. The van der Waals surface area contributed by atoms with E-state index in [0.29, 0.717) is 28.9 Å². The van der Waals surface area contributed by atoms with Gasteiger partial charge in [0.25, 0.3) is 17.8 Å². The Morgan fingerprint density at radius 1 is 1.00 bits per heavy atom. The smallest absolute Gasteiger partial charge is 0.333 e. The summed E-state index contributed by atoms with van der Waals surface area (Å²) >= 11 is 0. The highest BCUT2D eigenvalue weighted by atomic mass is 16.5. The zero-order chi connectivity index (χ0) is 20.6. The van der Waals surface area contributed by atoms with Gasteiger partial charge in [-0.05, 0) is 28.8 Å². The Kier molecular flexibility index (Phi) is 5.08. The van der Waals surface area contributed by atoms with E-state index in [1.807, 2.05) is 18.2 Å². The van der Waals surface area contributed by atoms with Crippen molar-refractivity contribution in [2.24, 2.45) is 4.99 Å². The molecule has 0 N–H and O–H groups in total. The summed E-state index contributed by atoms with van der Waals surface area (Å²) in [7, 11) is 9.49. The Hall–Kier alpha value is -3.36. The molecule has 1 fully saturated rings. The maximum Gasteiger partial charge on any atom is 0.333 e. The number of hydrogen-bond donors (Lipinski definition) is 0. The molecule has 3 rings (SSSR count). The van der Waals surface area contributed by atoms with Crippen molar-refractivity contribution >= 4 is 29.7 Å².